The molecule has 0 aliphatic carbocycles. The van der Waals surface area contributed by atoms with E-state index in [4.69, 9.17) is 0 Å². The Labute approximate surface area is 160 Å². The molecule has 1 unspecified atom stereocenters. The van der Waals surface area contributed by atoms with Crippen molar-refractivity contribution in [1.29, 1.82) is 0 Å². The molecule has 1 atom stereocenters. The molecule has 1 heterocycles. The van der Waals surface area contributed by atoms with Crippen LogP contribution in [0.3, 0.4) is 0 Å². The van der Waals surface area contributed by atoms with Gasteiger partial charge in [0.15, 0.2) is 0 Å². The first-order valence-corrected chi connectivity index (χ1v) is 9.53. The lowest BCUT2D eigenvalue weighted by molar-refractivity contribution is -0.385. The number of hydrogen-bond donors (Lipinski definition) is 3. The molecule has 2 aromatic carbocycles. The summed E-state index contributed by atoms with van der Waals surface area (Å²) in [5.41, 5.74) is -0.855. The largest absolute Gasteiger partial charge is 0.322 e. The fourth-order valence-electron chi connectivity index (χ4n) is 2.84. The molecule has 0 spiro atoms. The Kier molecular flexibility index (Phi) is 4.55. The van der Waals surface area contributed by atoms with E-state index in [1.54, 1.807) is 6.07 Å². The number of sulfonamides is 1. The van der Waals surface area contributed by atoms with Crippen LogP contribution >= 0.6 is 0 Å². The molecule has 2 aromatic rings. The Morgan fingerprint density at radius 3 is 2.46 bits per heavy atom. The summed E-state index contributed by atoms with van der Waals surface area (Å²) >= 11 is 0. The van der Waals surface area contributed by atoms with Crippen LogP contribution in [0.2, 0.25) is 0 Å². The van der Waals surface area contributed by atoms with Gasteiger partial charge in [0.05, 0.1) is 9.82 Å². The number of carbonyl (C=O) groups is 2. The minimum atomic E-state index is -4.13. The average molecular weight is 404 g/mol. The van der Waals surface area contributed by atoms with E-state index in [0.29, 0.717) is 11.1 Å². The molecule has 1 aliphatic heterocycles. The topological polar surface area (TPSA) is 148 Å². The first-order chi connectivity index (χ1) is 13.0. The van der Waals surface area contributed by atoms with Gasteiger partial charge in [-0.3, -0.25) is 24.9 Å². The summed E-state index contributed by atoms with van der Waals surface area (Å²) in [6.07, 6.45) is 0. The Balaban J connectivity index is 1.97. The van der Waals surface area contributed by atoms with Gasteiger partial charge in [-0.15, -0.1) is 0 Å². The maximum Gasteiger partial charge on any atom is 0.322 e. The zero-order valence-electron chi connectivity index (χ0n) is 14.8. The molecule has 11 heteroatoms. The molecular formula is C17H16N4O6S. The second-order valence-electron chi connectivity index (χ2n) is 6.43. The summed E-state index contributed by atoms with van der Waals surface area (Å²) < 4.78 is 27.8. The maximum absolute atomic E-state index is 12.7. The normalized spacial score (nSPS) is 19.1. The molecule has 10 nitrogen and oxygen atoms in total. The summed E-state index contributed by atoms with van der Waals surface area (Å²) in [7, 11) is -4.13. The van der Waals surface area contributed by atoms with Gasteiger partial charge in [0, 0.05) is 17.8 Å². The lowest BCUT2D eigenvalue weighted by Gasteiger charge is -2.22. The van der Waals surface area contributed by atoms with E-state index < -0.39 is 32.4 Å². The lowest BCUT2D eigenvalue weighted by atomic mass is 9.92. The van der Waals surface area contributed by atoms with Crippen LogP contribution in [0.4, 0.5) is 16.2 Å². The summed E-state index contributed by atoms with van der Waals surface area (Å²) in [5.74, 6) is -0.563. The molecule has 0 bridgehead atoms. The minimum Gasteiger partial charge on any atom is -0.320 e. The van der Waals surface area contributed by atoms with E-state index in [9.17, 15) is 28.1 Å². The summed E-state index contributed by atoms with van der Waals surface area (Å²) in [5, 5.41) is 15.6. The van der Waals surface area contributed by atoms with Crippen molar-refractivity contribution in [3.05, 3.63) is 63.7 Å². The Hall–Kier alpha value is -3.47. The summed E-state index contributed by atoms with van der Waals surface area (Å²) in [6.45, 7) is 3.01. The van der Waals surface area contributed by atoms with Crippen molar-refractivity contribution in [3.63, 3.8) is 0 Å². The molecule has 1 aliphatic rings. The standard InChI is InChI=1S/C17H16N4O6S/c1-10-6-7-13(21(24)25)9-14(10)28(26,27)20-12-5-3-4-11(8-12)17(2)15(22)18-16(23)19-17/h3-9,20H,1-2H3,(H2,18,19,22,23). The van der Waals surface area contributed by atoms with E-state index in [2.05, 4.69) is 15.4 Å². The van der Waals surface area contributed by atoms with Crippen molar-refractivity contribution >= 4 is 33.3 Å². The average Bonchev–Trinajstić information content (AvgIpc) is 2.87. The number of nitro groups is 1. The fraction of sp³-hybridized carbons (Fsp3) is 0.176. The Bertz CT molecular complexity index is 1110. The van der Waals surface area contributed by atoms with Crippen molar-refractivity contribution in [2.75, 3.05) is 4.72 Å². The molecule has 1 fully saturated rings. The van der Waals surface area contributed by atoms with Gasteiger partial charge in [-0.2, -0.15) is 0 Å². The van der Waals surface area contributed by atoms with Gasteiger partial charge in [0.1, 0.15) is 5.54 Å². The zero-order valence-corrected chi connectivity index (χ0v) is 15.7. The molecule has 146 valence electrons. The minimum absolute atomic E-state index is 0.138. The fourth-order valence-corrected chi connectivity index (χ4v) is 4.16. The van der Waals surface area contributed by atoms with E-state index in [-0.39, 0.29) is 16.3 Å². The van der Waals surface area contributed by atoms with Crippen LogP contribution in [0, 0.1) is 17.0 Å². The van der Waals surface area contributed by atoms with Gasteiger partial charge in [-0.05, 0) is 37.1 Å². The van der Waals surface area contributed by atoms with Crippen molar-refractivity contribution in [2.24, 2.45) is 0 Å². The monoisotopic (exact) mass is 404 g/mol. The number of nitro benzene ring substituents is 1. The highest BCUT2D eigenvalue weighted by Gasteiger charge is 2.43. The van der Waals surface area contributed by atoms with E-state index in [1.165, 1.54) is 44.2 Å². The number of nitrogens with zero attached hydrogens (tertiary/aromatic N) is 1. The lowest BCUT2D eigenvalue weighted by Crippen LogP contribution is -2.40. The number of nitrogens with one attached hydrogen (secondary N) is 3. The number of anilines is 1. The predicted octanol–water partition coefficient (Wildman–Crippen LogP) is 1.76. The molecule has 3 rings (SSSR count). The first kappa shape index (κ1) is 19.3. The van der Waals surface area contributed by atoms with Crippen LogP contribution in [0.5, 0.6) is 0 Å². The van der Waals surface area contributed by atoms with E-state index in [1.807, 2.05) is 0 Å². The number of benzene rings is 2. The molecule has 28 heavy (non-hydrogen) atoms. The van der Waals surface area contributed by atoms with Crippen LogP contribution in [0.25, 0.3) is 0 Å². The van der Waals surface area contributed by atoms with E-state index >= 15 is 0 Å². The number of non-ortho nitro benzene ring substituents is 1. The van der Waals surface area contributed by atoms with Crippen LogP contribution < -0.4 is 15.4 Å². The van der Waals surface area contributed by atoms with Gasteiger partial charge in [-0.1, -0.05) is 18.2 Å². The van der Waals surface area contributed by atoms with Gasteiger partial charge in [0.25, 0.3) is 21.6 Å². The molecule has 1 saturated heterocycles. The van der Waals surface area contributed by atoms with Crippen molar-refractivity contribution in [2.45, 2.75) is 24.3 Å². The number of imide groups is 1. The Morgan fingerprint density at radius 1 is 1.14 bits per heavy atom. The smallest absolute Gasteiger partial charge is 0.320 e. The predicted molar refractivity (Wildman–Crippen MR) is 99.1 cm³/mol. The third-order valence-corrected chi connectivity index (χ3v) is 5.93. The second-order valence-corrected chi connectivity index (χ2v) is 8.08. The van der Waals surface area contributed by atoms with E-state index in [0.717, 1.165) is 6.07 Å². The second kappa shape index (κ2) is 6.60. The molecule has 0 saturated carbocycles. The highest BCUT2D eigenvalue weighted by Crippen LogP contribution is 2.28. The number of amides is 3. The quantitative estimate of drug-likeness (QED) is 0.393. The van der Waals surface area contributed by atoms with Gasteiger partial charge < -0.3 is 5.32 Å². The molecule has 3 amide bonds. The van der Waals surface area contributed by atoms with Crippen molar-refractivity contribution < 1.29 is 22.9 Å². The van der Waals surface area contributed by atoms with Crippen LogP contribution in [-0.2, 0) is 20.4 Å². The third kappa shape index (κ3) is 3.39. The highest BCUT2D eigenvalue weighted by atomic mass is 32.2. The molecule has 3 N–H and O–H groups in total. The number of aryl methyl sites for hydroxylation is 1. The van der Waals surface area contributed by atoms with Crippen molar-refractivity contribution in [1.82, 2.24) is 10.6 Å². The summed E-state index contributed by atoms with van der Waals surface area (Å²) in [4.78, 5) is 33.6. The molecule has 0 aromatic heterocycles. The summed E-state index contributed by atoms with van der Waals surface area (Å²) in [6, 6.07) is 8.87. The number of hydrogen-bond acceptors (Lipinski definition) is 6. The highest BCUT2D eigenvalue weighted by molar-refractivity contribution is 7.92. The SMILES string of the molecule is Cc1ccc([N+](=O)[O-])cc1S(=O)(=O)Nc1cccc(C2(C)NC(=O)NC2=O)c1. The molecule has 0 radical (unpaired) electrons. The van der Waals surface area contributed by atoms with Gasteiger partial charge in [-0.25, -0.2) is 13.2 Å². The van der Waals surface area contributed by atoms with Gasteiger partial charge >= 0.3 is 6.03 Å². The molecular weight excluding hydrogens is 388 g/mol. The Morgan fingerprint density at radius 2 is 1.86 bits per heavy atom. The van der Waals surface area contributed by atoms with Crippen LogP contribution in [0.1, 0.15) is 18.1 Å². The number of rotatable bonds is 5. The number of carbonyl (C=O) groups excluding carboxylic acids is 2. The maximum atomic E-state index is 12.7. The van der Waals surface area contributed by atoms with Crippen molar-refractivity contribution in [3.8, 4) is 0 Å². The van der Waals surface area contributed by atoms with Crippen LogP contribution in [0.15, 0.2) is 47.4 Å². The van der Waals surface area contributed by atoms with Crippen LogP contribution in [-0.4, -0.2) is 25.3 Å². The first-order valence-electron chi connectivity index (χ1n) is 8.05. The third-order valence-electron chi connectivity index (χ3n) is 4.41. The number of urea groups is 1. The van der Waals surface area contributed by atoms with Gasteiger partial charge in [0.2, 0.25) is 0 Å². The zero-order chi connectivity index (χ0) is 20.7.